The Morgan fingerprint density at radius 3 is 2.63 bits per heavy atom. The largest absolute Gasteiger partial charge is 0.508 e. The summed E-state index contributed by atoms with van der Waals surface area (Å²) in [5.41, 5.74) is 2.16. The second-order valence-corrected chi connectivity index (χ2v) is 7.56. The van der Waals surface area contributed by atoms with Gasteiger partial charge in [-0.05, 0) is 59.4 Å². The summed E-state index contributed by atoms with van der Waals surface area (Å²) in [7, 11) is 0. The molecule has 1 aliphatic carbocycles. The molecule has 2 aromatic carbocycles. The molecule has 27 heavy (non-hydrogen) atoms. The highest BCUT2D eigenvalue weighted by atomic mass is 35.5. The van der Waals surface area contributed by atoms with Crippen LogP contribution < -0.4 is 0 Å². The second-order valence-electron chi connectivity index (χ2n) is 6.75. The van der Waals surface area contributed by atoms with Gasteiger partial charge in [-0.25, -0.2) is 4.39 Å². The molecule has 2 aliphatic rings. The molecule has 0 fully saturated rings. The van der Waals surface area contributed by atoms with Gasteiger partial charge in [-0.2, -0.15) is 5.26 Å². The van der Waals surface area contributed by atoms with E-state index in [4.69, 9.17) is 27.9 Å². The van der Waals surface area contributed by atoms with E-state index in [1.165, 1.54) is 24.5 Å². The van der Waals surface area contributed by atoms with Crippen LogP contribution in [0.25, 0.3) is 0 Å². The topological polar surface area (TPSA) is 73.5 Å². The number of benzene rings is 2. The summed E-state index contributed by atoms with van der Waals surface area (Å²) in [5.74, 6) is -2.52. The lowest BCUT2D eigenvalue weighted by molar-refractivity contribution is 0.114. The van der Waals surface area contributed by atoms with Crippen LogP contribution in [-0.2, 0) is 11.2 Å². The first-order valence-corrected chi connectivity index (χ1v) is 9.07. The third-order valence-electron chi connectivity index (χ3n) is 5.28. The number of nitriles is 1. The summed E-state index contributed by atoms with van der Waals surface area (Å²) >= 11 is 12.3. The van der Waals surface area contributed by atoms with Gasteiger partial charge in [-0.1, -0.05) is 23.2 Å². The molecule has 1 heterocycles. The highest BCUT2D eigenvalue weighted by molar-refractivity contribution is 6.32. The van der Waals surface area contributed by atoms with Crippen molar-refractivity contribution in [2.75, 3.05) is 0 Å². The van der Waals surface area contributed by atoms with E-state index in [0.717, 1.165) is 11.1 Å². The minimum Gasteiger partial charge on any atom is -0.508 e. The minimum atomic E-state index is -0.816. The van der Waals surface area contributed by atoms with Crippen molar-refractivity contribution in [1.29, 1.82) is 5.26 Å². The fraction of sp³-hybridized carbons (Fsp3) is 0.250. The molecule has 4 atom stereocenters. The minimum absolute atomic E-state index is 0.0128. The molecule has 0 spiro atoms. The van der Waals surface area contributed by atoms with E-state index in [0.29, 0.717) is 17.0 Å². The fourth-order valence-corrected chi connectivity index (χ4v) is 4.60. The number of hydrogen-bond acceptors (Lipinski definition) is 4. The maximum absolute atomic E-state index is 14.1. The maximum Gasteiger partial charge on any atom is 0.170 e. The zero-order valence-corrected chi connectivity index (χ0v) is 15.4. The monoisotopic (exact) mass is 405 g/mol. The van der Waals surface area contributed by atoms with Crippen molar-refractivity contribution in [3.63, 3.8) is 0 Å². The zero-order chi connectivity index (χ0) is 19.3. The van der Waals surface area contributed by atoms with Crippen LogP contribution >= 0.6 is 23.2 Å². The molecule has 2 aromatic rings. The Morgan fingerprint density at radius 1 is 1.15 bits per heavy atom. The Hall–Kier alpha value is -2.42. The number of halogens is 3. The first-order chi connectivity index (χ1) is 12.9. The normalized spacial score (nSPS) is 25.9. The fourth-order valence-electron chi connectivity index (χ4n) is 4.09. The summed E-state index contributed by atoms with van der Waals surface area (Å²) < 4.78 is 19.8. The van der Waals surface area contributed by atoms with E-state index in [-0.39, 0.29) is 22.6 Å². The van der Waals surface area contributed by atoms with Crippen LogP contribution in [0.3, 0.4) is 0 Å². The predicted octanol–water partition coefficient (Wildman–Crippen LogP) is 5.02. The third kappa shape index (κ3) is 2.90. The molecule has 0 saturated carbocycles. The van der Waals surface area contributed by atoms with Gasteiger partial charge in [0.15, 0.2) is 11.6 Å². The van der Waals surface area contributed by atoms with Crippen molar-refractivity contribution < 1.29 is 19.3 Å². The Bertz CT molecular complexity index is 978. The van der Waals surface area contributed by atoms with Gasteiger partial charge < -0.3 is 14.9 Å². The number of phenols is 2. The zero-order valence-electron chi connectivity index (χ0n) is 13.9. The summed E-state index contributed by atoms with van der Waals surface area (Å²) in [6.45, 7) is 0. The van der Waals surface area contributed by atoms with Crippen molar-refractivity contribution in [3.8, 4) is 17.6 Å². The molecule has 0 aromatic heterocycles. The quantitative estimate of drug-likeness (QED) is 0.735. The average molecular weight is 406 g/mol. The summed E-state index contributed by atoms with van der Waals surface area (Å²) in [6, 6.07) is 8.03. The van der Waals surface area contributed by atoms with E-state index in [2.05, 4.69) is 6.07 Å². The number of hydrogen-bond donors (Lipinski definition) is 2. The van der Waals surface area contributed by atoms with Gasteiger partial charge in [0.25, 0.3) is 0 Å². The van der Waals surface area contributed by atoms with Crippen molar-refractivity contribution in [3.05, 3.63) is 69.2 Å². The summed E-state index contributed by atoms with van der Waals surface area (Å²) in [5, 5.41) is 29.5. The molecule has 0 radical (unpaired) electrons. The number of phenolic OH excluding ortho intramolecular Hbond substituents is 2. The van der Waals surface area contributed by atoms with Crippen molar-refractivity contribution >= 4 is 23.2 Å². The Labute approximate surface area is 165 Å². The summed E-state index contributed by atoms with van der Waals surface area (Å²) in [4.78, 5) is 0. The lowest BCUT2D eigenvalue weighted by Gasteiger charge is -2.28. The molecule has 2 N–H and O–H groups in total. The van der Waals surface area contributed by atoms with Crippen molar-refractivity contribution in [2.45, 2.75) is 24.4 Å². The van der Waals surface area contributed by atoms with Crippen LogP contribution in [0.2, 0.25) is 10.0 Å². The van der Waals surface area contributed by atoms with Gasteiger partial charge in [0.05, 0.1) is 17.4 Å². The van der Waals surface area contributed by atoms with Crippen molar-refractivity contribution in [1.82, 2.24) is 0 Å². The van der Waals surface area contributed by atoms with E-state index in [1.54, 1.807) is 12.1 Å². The van der Waals surface area contributed by atoms with Gasteiger partial charge >= 0.3 is 0 Å². The average Bonchev–Trinajstić information content (AvgIpc) is 3.22. The van der Waals surface area contributed by atoms with Crippen LogP contribution in [0.5, 0.6) is 11.5 Å². The second kappa shape index (κ2) is 6.63. The third-order valence-corrected chi connectivity index (χ3v) is 5.90. The number of ether oxygens (including phenoxy) is 1. The van der Waals surface area contributed by atoms with E-state index in [9.17, 15) is 19.9 Å². The molecule has 4 nitrogen and oxygen atoms in total. The lowest BCUT2D eigenvalue weighted by atomic mass is 9.79. The first kappa shape index (κ1) is 18.0. The molecule has 4 rings (SSSR count). The standard InChI is InChI=1S/C20H14Cl2FNO3/c21-15-6-11(25)5-14-13(15)7-12(10-3-16(22)19(26)17(23)4-10)18(14)20-9(8-24)1-2-27-20/h1-6,9,12,18,20,25-26H,7H2. The number of fused-ring (bicyclic) bond motifs is 1. The molecule has 4 unspecified atom stereocenters. The van der Waals surface area contributed by atoms with E-state index >= 15 is 0 Å². The predicted molar refractivity (Wildman–Crippen MR) is 98.5 cm³/mol. The van der Waals surface area contributed by atoms with Gasteiger partial charge in [0, 0.05) is 10.9 Å². The van der Waals surface area contributed by atoms with Crippen LogP contribution in [0, 0.1) is 23.1 Å². The number of aromatic hydroxyl groups is 2. The van der Waals surface area contributed by atoms with Crippen LogP contribution in [0.4, 0.5) is 4.39 Å². The molecule has 0 amide bonds. The molecular formula is C20H14Cl2FNO3. The molecule has 7 heteroatoms. The highest BCUT2D eigenvalue weighted by Gasteiger charge is 2.45. The molecule has 0 bridgehead atoms. The first-order valence-electron chi connectivity index (χ1n) is 8.31. The van der Waals surface area contributed by atoms with Gasteiger partial charge in [-0.15, -0.1) is 0 Å². The van der Waals surface area contributed by atoms with Gasteiger partial charge in [0.2, 0.25) is 0 Å². The van der Waals surface area contributed by atoms with Gasteiger partial charge in [0.1, 0.15) is 17.8 Å². The Morgan fingerprint density at radius 2 is 1.93 bits per heavy atom. The van der Waals surface area contributed by atoms with Crippen LogP contribution in [-0.4, -0.2) is 16.3 Å². The molecular weight excluding hydrogens is 392 g/mol. The summed E-state index contributed by atoms with van der Waals surface area (Å²) in [6.07, 6.45) is 3.13. The smallest absolute Gasteiger partial charge is 0.170 e. The Balaban J connectivity index is 1.86. The molecule has 1 aliphatic heterocycles. The van der Waals surface area contributed by atoms with Crippen LogP contribution in [0.15, 0.2) is 36.6 Å². The Kier molecular flexibility index (Phi) is 4.41. The number of nitrogens with zero attached hydrogens (tertiary/aromatic N) is 1. The van der Waals surface area contributed by atoms with Gasteiger partial charge in [-0.3, -0.25) is 0 Å². The molecule has 138 valence electrons. The SMILES string of the molecule is N#CC1C=COC1C1c2cc(O)cc(Cl)c2CC1c1cc(F)c(O)c(Cl)c1. The highest BCUT2D eigenvalue weighted by Crippen LogP contribution is 2.52. The van der Waals surface area contributed by atoms with E-state index in [1.807, 2.05) is 0 Å². The van der Waals surface area contributed by atoms with E-state index < -0.39 is 23.6 Å². The van der Waals surface area contributed by atoms with Crippen LogP contribution in [0.1, 0.15) is 28.5 Å². The maximum atomic E-state index is 14.1. The number of rotatable bonds is 2. The molecule has 0 saturated heterocycles. The lowest BCUT2D eigenvalue weighted by Crippen LogP contribution is -2.27. The van der Waals surface area contributed by atoms with Crippen molar-refractivity contribution in [2.24, 2.45) is 5.92 Å².